The highest BCUT2D eigenvalue weighted by molar-refractivity contribution is 5.71. The van der Waals surface area contributed by atoms with Gasteiger partial charge in [-0.05, 0) is 57.4 Å². The van der Waals surface area contributed by atoms with E-state index in [1.54, 1.807) is 12.3 Å². The van der Waals surface area contributed by atoms with Crippen LogP contribution in [0.4, 0.5) is 5.82 Å². The fraction of sp³-hybridized carbons (Fsp3) is 0.450. The molecule has 2 N–H and O–H groups in total. The van der Waals surface area contributed by atoms with Crippen LogP contribution in [-0.4, -0.2) is 54.8 Å². The first kappa shape index (κ1) is 16.5. The van der Waals surface area contributed by atoms with Crippen molar-refractivity contribution in [3.8, 4) is 17.1 Å². The number of likely N-dealkylation sites (N-methyl/N-ethyl adjacent to an activating group) is 1. The number of benzene rings is 1. The van der Waals surface area contributed by atoms with Gasteiger partial charge < -0.3 is 10.4 Å². The summed E-state index contributed by atoms with van der Waals surface area (Å²) in [4.78, 5) is 7.01. The third kappa shape index (κ3) is 2.65. The molecule has 2 aromatic heterocycles. The Morgan fingerprint density at radius 2 is 2.00 bits per heavy atom. The Balaban J connectivity index is 1.51. The topological polar surface area (TPSA) is 78.6 Å². The number of phenolic OH excluding ortho intramolecular Hbond substituents is 1. The number of hydrogen-bond acceptors (Lipinski definition) is 6. The maximum atomic E-state index is 10.3. The second kappa shape index (κ2) is 6.20. The van der Waals surface area contributed by atoms with Gasteiger partial charge in [-0.2, -0.15) is 0 Å². The van der Waals surface area contributed by atoms with Crippen LogP contribution in [-0.2, 0) is 0 Å². The molecule has 3 aromatic rings. The second-order valence-corrected chi connectivity index (χ2v) is 7.81. The predicted molar refractivity (Wildman–Crippen MR) is 104 cm³/mol. The second-order valence-electron chi connectivity index (χ2n) is 7.81. The Kier molecular flexibility index (Phi) is 3.79. The lowest BCUT2D eigenvalue weighted by atomic mass is 9.98. The lowest BCUT2D eigenvalue weighted by molar-refractivity contribution is 0.165. The van der Waals surface area contributed by atoms with Crippen molar-refractivity contribution in [2.45, 2.75) is 50.7 Å². The Labute approximate surface area is 158 Å². The molecule has 2 fully saturated rings. The van der Waals surface area contributed by atoms with E-state index >= 15 is 0 Å². The van der Waals surface area contributed by atoms with E-state index in [1.165, 1.54) is 19.3 Å². The van der Waals surface area contributed by atoms with Gasteiger partial charge in [0.2, 0.25) is 0 Å². The summed E-state index contributed by atoms with van der Waals surface area (Å²) >= 11 is 0. The molecule has 140 valence electrons. The molecule has 0 aliphatic carbocycles. The molecule has 0 spiro atoms. The molecule has 0 amide bonds. The minimum Gasteiger partial charge on any atom is -0.507 e. The van der Waals surface area contributed by atoms with Crippen LogP contribution < -0.4 is 5.32 Å². The van der Waals surface area contributed by atoms with E-state index in [9.17, 15) is 5.11 Å². The van der Waals surface area contributed by atoms with Crippen LogP contribution in [0.5, 0.6) is 5.75 Å². The lowest BCUT2D eigenvalue weighted by Crippen LogP contribution is -2.48. The fourth-order valence-corrected chi connectivity index (χ4v) is 4.73. The smallest absolute Gasteiger partial charge is 0.192 e. The van der Waals surface area contributed by atoms with Crippen molar-refractivity contribution in [1.82, 2.24) is 24.5 Å². The Morgan fingerprint density at radius 1 is 1.15 bits per heavy atom. The summed E-state index contributed by atoms with van der Waals surface area (Å²) in [5.41, 5.74) is 2.39. The predicted octanol–water partition coefficient (Wildman–Crippen LogP) is 2.84. The minimum atomic E-state index is 0.200. The van der Waals surface area contributed by atoms with Crippen LogP contribution in [0.15, 0.2) is 30.6 Å². The zero-order valence-electron chi connectivity index (χ0n) is 15.6. The van der Waals surface area contributed by atoms with Crippen molar-refractivity contribution >= 4 is 11.5 Å². The van der Waals surface area contributed by atoms with E-state index in [-0.39, 0.29) is 5.75 Å². The Bertz CT molecular complexity index is 999. The van der Waals surface area contributed by atoms with Gasteiger partial charge in [-0.3, -0.25) is 9.30 Å². The summed E-state index contributed by atoms with van der Waals surface area (Å²) < 4.78 is 1.89. The first-order valence-electron chi connectivity index (χ1n) is 9.60. The zero-order chi connectivity index (χ0) is 18.5. The number of phenols is 1. The third-order valence-electron chi connectivity index (χ3n) is 6.21. The fourth-order valence-electron chi connectivity index (χ4n) is 4.73. The lowest BCUT2D eigenvalue weighted by Gasteiger charge is -2.38. The number of aromatic hydroxyl groups is 1. The van der Waals surface area contributed by atoms with Crippen LogP contribution in [0.3, 0.4) is 0 Å². The number of nitrogens with zero attached hydrogens (tertiary/aromatic N) is 5. The first-order chi connectivity index (χ1) is 13.1. The van der Waals surface area contributed by atoms with Crippen LogP contribution >= 0.6 is 0 Å². The van der Waals surface area contributed by atoms with Gasteiger partial charge in [0.1, 0.15) is 5.75 Å². The van der Waals surface area contributed by atoms with E-state index in [1.807, 2.05) is 29.7 Å². The highest BCUT2D eigenvalue weighted by Gasteiger charge is 2.40. The first-order valence-corrected chi connectivity index (χ1v) is 9.60. The molecule has 4 heterocycles. The number of fused-ring (bicyclic) bond motifs is 3. The zero-order valence-corrected chi connectivity index (χ0v) is 15.6. The molecule has 2 saturated heterocycles. The molecule has 1 aromatic carbocycles. The molecule has 7 heteroatoms. The number of aromatic nitrogens is 4. The molecule has 3 atom stereocenters. The van der Waals surface area contributed by atoms with E-state index in [2.05, 4.69) is 32.4 Å². The quantitative estimate of drug-likeness (QED) is 0.744. The molecule has 7 nitrogen and oxygen atoms in total. The molecule has 0 saturated carbocycles. The van der Waals surface area contributed by atoms with Crippen LogP contribution in [0.2, 0.25) is 0 Å². The third-order valence-corrected chi connectivity index (χ3v) is 6.21. The monoisotopic (exact) mass is 364 g/mol. The molecule has 2 bridgehead atoms. The van der Waals surface area contributed by atoms with Gasteiger partial charge in [0, 0.05) is 30.5 Å². The summed E-state index contributed by atoms with van der Waals surface area (Å²) in [5, 5.41) is 22.8. The summed E-state index contributed by atoms with van der Waals surface area (Å²) in [6.45, 7) is 1.95. The van der Waals surface area contributed by atoms with Crippen LogP contribution in [0.1, 0.15) is 31.2 Å². The number of piperidine rings is 1. The number of imidazole rings is 1. The Hall–Kier alpha value is -2.67. The SMILES string of the molecule is Cc1ccc(-c2nnc(N[C@@H]3CC[C@@H]4CC[C@H]3N4C)c3nccn23)c(O)c1. The standard InChI is InChI=1S/C20H24N6O/c1-12-3-6-14(17(27)11-12)19-24-23-18(20-21-9-10-26(19)20)22-15-7-4-13-5-8-16(15)25(13)2/h3,6,9-11,13,15-16,27H,4-5,7-8H2,1-2H3,(H,22,23)/t13-,15-,16-/m1/s1. The van der Waals surface area contributed by atoms with E-state index < -0.39 is 0 Å². The highest BCUT2D eigenvalue weighted by atomic mass is 16.3. The average molecular weight is 364 g/mol. The molecule has 0 unspecified atom stereocenters. The summed E-state index contributed by atoms with van der Waals surface area (Å²) in [7, 11) is 2.23. The maximum Gasteiger partial charge on any atom is 0.192 e. The average Bonchev–Trinajstić information content (AvgIpc) is 3.21. The van der Waals surface area contributed by atoms with E-state index in [0.717, 1.165) is 23.7 Å². The number of aryl methyl sites for hydroxylation is 1. The van der Waals surface area contributed by atoms with Crippen molar-refractivity contribution in [2.75, 3.05) is 12.4 Å². The molecule has 5 rings (SSSR count). The van der Waals surface area contributed by atoms with Crippen LogP contribution in [0.25, 0.3) is 17.0 Å². The summed E-state index contributed by atoms with van der Waals surface area (Å²) in [5.74, 6) is 1.50. The molecular formula is C20H24N6O. The summed E-state index contributed by atoms with van der Waals surface area (Å²) in [6.07, 6.45) is 8.49. The number of rotatable bonds is 3. The number of hydrogen-bond donors (Lipinski definition) is 2. The van der Waals surface area contributed by atoms with Gasteiger partial charge in [-0.1, -0.05) is 6.07 Å². The summed E-state index contributed by atoms with van der Waals surface area (Å²) in [6, 6.07) is 7.21. The van der Waals surface area contributed by atoms with Crippen molar-refractivity contribution < 1.29 is 5.11 Å². The van der Waals surface area contributed by atoms with Crippen molar-refractivity contribution in [2.24, 2.45) is 0 Å². The molecule has 2 aliphatic heterocycles. The number of anilines is 1. The van der Waals surface area contributed by atoms with Gasteiger partial charge in [-0.25, -0.2) is 4.98 Å². The van der Waals surface area contributed by atoms with Crippen molar-refractivity contribution in [3.05, 3.63) is 36.2 Å². The van der Waals surface area contributed by atoms with E-state index in [0.29, 0.717) is 29.3 Å². The molecule has 2 aliphatic rings. The van der Waals surface area contributed by atoms with Gasteiger partial charge in [0.05, 0.1) is 5.56 Å². The van der Waals surface area contributed by atoms with Crippen LogP contribution in [0, 0.1) is 6.92 Å². The van der Waals surface area contributed by atoms with Gasteiger partial charge in [0.15, 0.2) is 17.3 Å². The maximum absolute atomic E-state index is 10.3. The molecule has 27 heavy (non-hydrogen) atoms. The minimum absolute atomic E-state index is 0.200. The van der Waals surface area contributed by atoms with Crippen molar-refractivity contribution in [3.63, 3.8) is 0 Å². The van der Waals surface area contributed by atoms with E-state index in [4.69, 9.17) is 0 Å². The van der Waals surface area contributed by atoms with Gasteiger partial charge in [0.25, 0.3) is 0 Å². The highest BCUT2D eigenvalue weighted by Crippen LogP contribution is 2.36. The van der Waals surface area contributed by atoms with Gasteiger partial charge >= 0.3 is 0 Å². The largest absolute Gasteiger partial charge is 0.507 e. The van der Waals surface area contributed by atoms with Gasteiger partial charge in [-0.15, -0.1) is 10.2 Å². The van der Waals surface area contributed by atoms with Crippen molar-refractivity contribution in [1.29, 1.82) is 0 Å². The molecular weight excluding hydrogens is 340 g/mol. The Morgan fingerprint density at radius 3 is 2.85 bits per heavy atom. The molecule has 0 radical (unpaired) electrons. The number of nitrogens with one attached hydrogen (secondary N) is 1. The normalized spacial score (nSPS) is 25.2.